The molecule has 0 unspecified atom stereocenters. The highest BCUT2D eigenvalue weighted by Crippen LogP contribution is 2.39. The predicted octanol–water partition coefficient (Wildman–Crippen LogP) is 5.07. The first kappa shape index (κ1) is 24.8. The van der Waals surface area contributed by atoms with Gasteiger partial charge >= 0.3 is 6.18 Å². The Bertz CT molecular complexity index is 1350. The van der Waals surface area contributed by atoms with Gasteiger partial charge in [0.2, 0.25) is 0 Å². The van der Waals surface area contributed by atoms with Gasteiger partial charge in [0.15, 0.2) is 0 Å². The number of hydrogen-bond donors (Lipinski definition) is 1. The Morgan fingerprint density at radius 2 is 1.86 bits per heavy atom. The standard InChI is InChI=1S/C27H24F4N4O2/c1-37-23-4-2-3-21(28)25(23)18-6-7-22-19(14-18)20(26(36)33-22)13-17-5-8-24(32-15-17)35-11-9-34(10-12-35)16-27(29,30)31/h2-8,13-15H,9-12,16H2,1H3,(H,33,36). The second kappa shape index (κ2) is 9.85. The molecule has 2 aromatic carbocycles. The number of nitrogens with one attached hydrogen (secondary N) is 1. The second-order valence-corrected chi connectivity index (χ2v) is 8.92. The van der Waals surface area contributed by atoms with Gasteiger partial charge in [-0.1, -0.05) is 12.1 Å². The number of carbonyl (C=O) groups is 1. The zero-order chi connectivity index (χ0) is 26.2. The van der Waals surface area contributed by atoms with E-state index in [1.807, 2.05) is 11.0 Å². The molecule has 1 amide bonds. The van der Waals surface area contributed by atoms with Gasteiger partial charge in [-0.15, -0.1) is 0 Å². The van der Waals surface area contributed by atoms with Crippen LogP contribution in [-0.2, 0) is 4.79 Å². The number of amides is 1. The summed E-state index contributed by atoms with van der Waals surface area (Å²) in [5, 5.41) is 2.83. The average molecular weight is 513 g/mol. The summed E-state index contributed by atoms with van der Waals surface area (Å²) in [5.74, 6) is 0.347. The van der Waals surface area contributed by atoms with Gasteiger partial charge in [-0.2, -0.15) is 13.2 Å². The summed E-state index contributed by atoms with van der Waals surface area (Å²) in [5.41, 5.74) is 3.25. The SMILES string of the molecule is COc1cccc(F)c1-c1ccc2c(c1)C(=Cc1ccc(N3CCN(CC(F)(F)F)CC3)nc1)C(=O)N2. The fourth-order valence-electron chi connectivity index (χ4n) is 4.67. The van der Waals surface area contributed by atoms with Gasteiger partial charge in [0.25, 0.3) is 5.91 Å². The van der Waals surface area contributed by atoms with E-state index in [1.165, 1.54) is 18.1 Å². The van der Waals surface area contributed by atoms with Gasteiger partial charge in [0.05, 0.1) is 19.2 Å². The van der Waals surface area contributed by atoms with Crippen LogP contribution >= 0.6 is 0 Å². The first-order chi connectivity index (χ1) is 17.7. The number of alkyl halides is 3. The number of benzene rings is 2. The smallest absolute Gasteiger partial charge is 0.401 e. The van der Waals surface area contributed by atoms with E-state index >= 15 is 0 Å². The van der Waals surface area contributed by atoms with Gasteiger partial charge in [-0.3, -0.25) is 9.69 Å². The van der Waals surface area contributed by atoms with E-state index in [2.05, 4.69) is 10.3 Å². The maximum Gasteiger partial charge on any atom is 0.401 e. The summed E-state index contributed by atoms with van der Waals surface area (Å²) in [6.07, 6.45) is -0.871. The van der Waals surface area contributed by atoms with Crippen LogP contribution in [0.3, 0.4) is 0 Å². The zero-order valence-corrected chi connectivity index (χ0v) is 20.0. The summed E-state index contributed by atoms with van der Waals surface area (Å²) in [6, 6.07) is 13.4. The van der Waals surface area contributed by atoms with Gasteiger partial charge in [0.1, 0.15) is 17.4 Å². The van der Waals surface area contributed by atoms with E-state index in [1.54, 1.807) is 48.7 Å². The van der Waals surface area contributed by atoms with Crippen molar-refractivity contribution in [2.24, 2.45) is 0 Å². The van der Waals surface area contributed by atoms with Crippen molar-refractivity contribution in [3.8, 4) is 16.9 Å². The number of hydrogen-bond acceptors (Lipinski definition) is 5. The van der Waals surface area contributed by atoms with Crippen LogP contribution < -0.4 is 15.0 Å². The van der Waals surface area contributed by atoms with Crippen molar-refractivity contribution in [3.63, 3.8) is 0 Å². The molecule has 2 aliphatic heterocycles. The maximum absolute atomic E-state index is 14.6. The van der Waals surface area contributed by atoms with Crippen LogP contribution in [0.2, 0.25) is 0 Å². The fraction of sp³-hybridized carbons (Fsp3) is 0.259. The molecule has 0 atom stereocenters. The third kappa shape index (κ3) is 5.29. The van der Waals surface area contributed by atoms with E-state index < -0.39 is 18.5 Å². The molecule has 1 fully saturated rings. The minimum Gasteiger partial charge on any atom is -0.496 e. The van der Waals surface area contributed by atoms with Crippen molar-refractivity contribution < 1.29 is 27.1 Å². The molecular formula is C27H24F4N4O2. The van der Waals surface area contributed by atoms with E-state index in [9.17, 15) is 22.4 Å². The number of pyridine rings is 1. The third-order valence-corrected chi connectivity index (χ3v) is 6.47. The average Bonchev–Trinajstić information content (AvgIpc) is 3.18. The monoisotopic (exact) mass is 512 g/mol. The first-order valence-electron chi connectivity index (χ1n) is 11.7. The Hall–Kier alpha value is -3.92. The largest absolute Gasteiger partial charge is 0.496 e. The molecule has 192 valence electrons. The summed E-state index contributed by atoms with van der Waals surface area (Å²) in [4.78, 5) is 20.5. The Morgan fingerprint density at radius 3 is 2.54 bits per heavy atom. The molecule has 0 spiro atoms. The van der Waals surface area contributed by atoms with Crippen molar-refractivity contribution in [3.05, 3.63) is 71.7 Å². The normalized spacial score (nSPS) is 17.2. The lowest BCUT2D eigenvalue weighted by Gasteiger charge is -2.35. The molecule has 0 radical (unpaired) electrons. The van der Waals surface area contributed by atoms with Gasteiger partial charge in [0, 0.05) is 49.2 Å². The highest BCUT2D eigenvalue weighted by molar-refractivity contribution is 6.35. The molecule has 3 aromatic rings. The Morgan fingerprint density at radius 1 is 1.08 bits per heavy atom. The maximum atomic E-state index is 14.6. The highest BCUT2D eigenvalue weighted by atomic mass is 19.4. The lowest BCUT2D eigenvalue weighted by atomic mass is 9.97. The molecule has 3 heterocycles. The van der Waals surface area contributed by atoms with Crippen molar-refractivity contribution in [2.75, 3.05) is 50.1 Å². The highest BCUT2D eigenvalue weighted by Gasteiger charge is 2.32. The number of anilines is 2. The first-order valence-corrected chi connectivity index (χ1v) is 11.7. The number of halogens is 4. The number of ether oxygens (including phenoxy) is 1. The molecule has 37 heavy (non-hydrogen) atoms. The number of piperazine rings is 1. The molecule has 0 saturated carbocycles. The minimum atomic E-state index is -4.21. The molecule has 0 bridgehead atoms. The number of nitrogens with zero attached hydrogens (tertiary/aromatic N) is 3. The summed E-state index contributed by atoms with van der Waals surface area (Å²) >= 11 is 0. The van der Waals surface area contributed by atoms with E-state index in [0.717, 1.165) is 0 Å². The molecule has 5 rings (SSSR count). The van der Waals surface area contributed by atoms with Crippen LogP contribution in [0, 0.1) is 5.82 Å². The lowest BCUT2D eigenvalue weighted by molar-refractivity contribution is -0.146. The van der Waals surface area contributed by atoms with E-state index in [0.29, 0.717) is 71.3 Å². The van der Waals surface area contributed by atoms with Crippen LogP contribution in [-0.4, -0.2) is 61.8 Å². The predicted molar refractivity (Wildman–Crippen MR) is 134 cm³/mol. The number of carbonyl (C=O) groups excluding carboxylic acids is 1. The van der Waals surface area contributed by atoms with Crippen LogP contribution in [0.5, 0.6) is 5.75 Å². The topological polar surface area (TPSA) is 57.7 Å². The van der Waals surface area contributed by atoms with Gasteiger partial charge in [-0.25, -0.2) is 9.37 Å². The molecule has 1 aromatic heterocycles. The van der Waals surface area contributed by atoms with Crippen LogP contribution in [0.25, 0.3) is 22.8 Å². The Balaban J connectivity index is 1.36. The summed E-state index contributed by atoms with van der Waals surface area (Å²) in [7, 11) is 1.47. The third-order valence-electron chi connectivity index (χ3n) is 6.47. The van der Waals surface area contributed by atoms with Crippen LogP contribution in [0.1, 0.15) is 11.1 Å². The lowest BCUT2D eigenvalue weighted by Crippen LogP contribution is -2.49. The van der Waals surface area contributed by atoms with Gasteiger partial charge < -0.3 is 15.0 Å². The van der Waals surface area contributed by atoms with Crippen molar-refractivity contribution in [1.82, 2.24) is 9.88 Å². The fourth-order valence-corrected chi connectivity index (χ4v) is 4.67. The minimum absolute atomic E-state index is 0.280. The van der Waals surface area contributed by atoms with Gasteiger partial charge in [-0.05, 0) is 53.6 Å². The van der Waals surface area contributed by atoms with Crippen molar-refractivity contribution in [2.45, 2.75) is 6.18 Å². The number of fused-ring (bicyclic) bond motifs is 1. The second-order valence-electron chi connectivity index (χ2n) is 8.92. The van der Waals surface area contributed by atoms with Crippen molar-refractivity contribution >= 4 is 29.1 Å². The Labute approximate surface area is 211 Å². The number of rotatable bonds is 5. The van der Waals surface area contributed by atoms with E-state index in [4.69, 9.17) is 4.74 Å². The summed E-state index contributed by atoms with van der Waals surface area (Å²) < 4.78 is 57.9. The molecule has 1 saturated heterocycles. The van der Waals surface area contributed by atoms with Crippen LogP contribution in [0.4, 0.5) is 29.1 Å². The molecule has 6 nitrogen and oxygen atoms in total. The number of aromatic nitrogens is 1. The van der Waals surface area contributed by atoms with Crippen molar-refractivity contribution in [1.29, 1.82) is 0 Å². The molecule has 1 N–H and O–H groups in total. The van der Waals surface area contributed by atoms with E-state index in [-0.39, 0.29) is 5.91 Å². The molecule has 2 aliphatic rings. The quantitative estimate of drug-likeness (QED) is 0.382. The summed E-state index contributed by atoms with van der Waals surface area (Å²) in [6.45, 7) is 0.594. The Kier molecular flexibility index (Phi) is 6.59. The zero-order valence-electron chi connectivity index (χ0n) is 20.0. The molecule has 0 aliphatic carbocycles. The molecular weight excluding hydrogens is 488 g/mol. The molecule has 10 heteroatoms. The van der Waals surface area contributed by atoms with Crippen LogP contribution in [0.15, 0.2) is 54.7 Å². The number of methoxy groups -OCH3 is 1.